The maximum Gasteiger partial charge on any atom is 0.236 e. The van der Waals surface area contributed by atoms with E-state index in [2.05, 4.69) is 4.72 Å². The molecule has 0 aromatic heterocycles. The molecule has 2 aromatic carbocycles. The van der Waals surface area contributed by atoms with Crippen molar-refractivity contribution in [3.05, 3.63) is 59.2 Å². The van der Waals surface area contributed by atoms with Gasteiger partial charge in [0, 0.05) is 12.1 Å². The minimum atomic E-state index is -3.41. The summed E-state index contributed by atoms with van der Waals surface area (Å²) in [5.74, 6) is 0.819. The fourth-order valence-electron chi connectivity index (χ4n) is 2.49. The molecule has 0 spiro atoms. The van der Waals surface area contributed by atoms with E-state index in [1.807, 2.05) is 43.3 Å². The van der Waals surface area contributed by atoms with Crippen LogP contribution in [-0.2, 0) is 22.2 Å². The Labute approximate surface area is 124 Å². The van der Waals surface area contributed by atoms with E-state index in [-0.39, 0.29) is 5.75 Å². The van der Waals surface area contributed by atoms with Gasteiger partial charge < -0.3 is 4.74 Å². The van der Waals surface area contributed by atoms with Crippen LogP contribution in [0.1, 0.15) is 16.7 Å². The minimum absolute atomic E-state index is 0.0255. The van der Waals surface area contributed by atoms with Gasteiger partial charge in [0.05, 0.1) is 12.4 Å². The molecule has 0 saturated carbocycles. The molecular formula is C16H17NO3S. The van der Waals surface area contributed by atoms with Crippen LogP contribution in [-0.4, -0.2) is 15.0 Å². The molecule has 0 unspecified atom stereocenters. The highest BCUT2D eigenvalue weighted by Crippen LogP contribution is 2.28. The Morgan fingerprint density at radius 2 is 2.05 bits per heavy atom. The van der Waals surface area contributed by atoms with Crippen molar-refractivity contribution in [2.45, 2.75) is 19.1 Å². The second kappa shape index (κ2) is 5.41. The lowest BCUT2D eigenvalue weighted by molar-refractivity contribution is 0.357. The Morgan fingerprint density at radius 1 is 1.19 bits per heavy atom. The number of hydrogen-bond donors (Lipinski definition) is 1. The van der Waals surface area contributed by atoms with Crippen molar-refractivity contribution in [2.75, 3.05) is 11.3 Å². The molecule has 1 aliphatic heterocycles. The zero-order valence-corrected chi connectivity index (χ0v) is 12.6. The summed E-state index contributed by atoms with van der Waals surface area (Å²) in [6.45, 7) is 2.61. The molecule has 5 heteroatoms. The molecule has 110 valence electrons. The van der Waals surface area contributed by atoms with E-state index in [4.69, 9.17) is 4.74 Å². The number of fused-ring (bicyclic) bond motifs is 1. The van der Waals surface area contributed by atoms with Crippen LogP contribution in [0.5, 0.6) is 5.75 Å². The molecule has 0 fully saturated rings. The molecular weight excluding hydrogens is 286 g/mol. The van der Waals surface area contributed by atoms with Crippen molar-refractivity contribution >= 4 is 15.7 Å². The van der Waals surface area contributed by atoms with Crippen LogP contribution in [0, 0.1) is 6.92 Å². The highest BCUT2D eigenvalue weighted by Gasteiger charge is 2.16. The molecule has 0 saturated heterocycles. The predicted molar refractivity (Wildman–Crippen MR) is 83.1 cm³/mol. The highest BCUT2D eigenvalue weighted by atomic mass is 32.2. The first kappa shape index (κ1) is 13.9. The maximum absolute atomic E-state index is 12.2. The third-order valence-corrected chi connectivity index (χ3v) is 4.66. The Morgan fingerprint density at radius 3 is 2.86 bits per heavy atom. The van der Waals surface area contributed by atoms with E-state index >= 15 is 0 Å². The Hall–Kier alpha value is -2.01. The normalized spacial score (nSPS) is 13.6. The molecule has 0 atom stereocenters. The summed E-state index contributed by atoms with van der Waals surface area (Å²) < 4.78 is 32.5. The fraction of sp³-hybridized carbons (Fsp3) is 0.250. The van der Waals surface area contributed by atoms with E-state index in [1.165, 1.54) is 0 Å². The van der Waals surface area contributed by atoms with E-state index in [9.17, 15) is 8.42 Å². The lowest BCUT2D eigenvalue weighted by Gasteiger charge is -2.09. The highest BCUT2D eigenvalue weighted by molar-refractivity contribution is 7.91. The van der Waals surface area contributed by atoms with Gasteiger partial charge in [-0.3, -0.25) is 4.72 Å². The Kier molecular flexibility index (Phi) is 3.59. The SMILES string of the molecule is Cc1cccc(CS(=O)(=O)Nc2ccc3c(c2)CCO3)c1. The van der Waals surface area contributed by atoms with Crippen LogP contribution in [0.25, 0.3) is 0 Å². The first-order chi connectivity index (χ1) is 10.0. The zero-order valence-electron chi connectivity index (χ0n) is 11.8. The van der Waals surface area contributed by atoms with Gasteiger partial charge in [-0.05, 0) is 36.2 Å². The van der Waals surface area contributed by atoms with Crippen LogP contribution < -0.4 is 9.46 Å². The van der Waals surface area contributed by atoms with Gasteiger partial charge in [-0.25, -0.2) is 8.42 Å². The second-order valence-corrected chi connectivity index (χ2v) is 6.99. The molecule has 0 radical (unpaired) electrons. The smallest absolute Gasteiger partial charge is 0.236 e. The largest absolute Gasteiger partial charge is 0.493 e. The number of aryl methyl sites for hydroxylation is 1. The molecule has 21 heavy (non-hydrogen) atoms. The first-order valence-corrected chi connectivity index (χ1v) is 8.49. The molecule has 2 aromatic rings. The monoisotopic (exact) mass is 303 g/mol. The van der Waals surface area contributed by atoms with Crippen molar-refractivity contribution < 1.29 is 13.2 Å². The quantitative estimate of drug-likeness (QED) is 0.945. The average Bonchev–Trinajstić information content (AvgIpc) is 2.84. The van der Waals surface area contributed by atoms with Crippen molar-refractivity contribution in [3.63, 3.8) is 0 Å². The average molecular weight is 303 g/mol. The lowest BCUT2D eigenvalue weighted by atomic mass is 10.1. The van der Waals surface area contributed by atoms with Gasteiger partial charge >= 0.3 is 0 Å². The van der Waals surface area contributed by atoms with Crippen LogP contribution in [0.3, 0.4) is 0 Å². The number of ether oxygens (including phenoxy) is 1. The molecule has 1 aliphatic rings. The van der Waals surface area contributed by atoms with Gasteiger partial charge in [0.1, 0.15) is 5.75 Å². The van der Waals surface area contributed by atoms with Crippen molar-refractivity contribution in [3.8, 4) is 5.75 Å². The lowest BCUT2D eigenvalue weighted by Crippen LogP contribution is -2.15. The Balaban J connectivity index is 1.77. The number of rotatable bonds is 4. The van der Waals surface area contributed by atoms with Gasteiger partial charge in [0.2, 0.25) is 10.0 Å². The summed E-state index contributed by atoms with van der Waals surface area (Å²) in [7, 11) is -3.41. The van der Waals surface area contributed by atoms with Gasteiger partial charge in [0.25, 0.3) is 0 Å². The van der Waals surface area contributed by atoms with E-state index in [0.29, 0.717) is 12.3 Å². The molecule has 0 aliphatic carbocycles. The number of sulfonamides is 1. The Bertz CT molecular complexity index is 769. The zero-order chi connectivity index (χ0) is 14.9. The summed E-state index contributed by atoms with van der Waals surface area (Å²) in [5.41, 5.74) is 3.47. The topological polar surface area (TPSA) is 55.4 Å². The molecule has 1 N–H and O–H groups in total. The number of nitrogens with one attached hydrogen (secondary N) is 1. The van der Waals surface area contributed by atoms with Crippen LogP contribution in [0.15, 0.2) is 42.5 Å². The molecule has 4 nitrogen and oxygen atoms in total. The molecule has 1 heterocycles. The molecule has 0 amide bonds. The standard InChI is InChI=1S/C16H17NO3S/c1-12-3-2-4-13(9-12)11-21(18,19)17-15-5-6-16-14(10-15)7-8-20-16/h2-6,9-10,17H,7-8,11H2,1H3. The van der Waals surface area contributed by atoms with E-state index < -0.39 is 10.0 Å². The number of benzene rings is 2. The molecule has 3 rings (SSSR count). The van der Waals surface area contributed by atoms with E-state index in [1.54, 1.807) is 6.07 Å². The number of anilines is 1. The maximum atomic E-state index is 12.2. The summed E-state index contributed by atoms with van der Waals surface area (Å²) in [6, 6.07) is 12.9. The summed E-state index contributed by atoms with van der Waals surface area (Å²) in [6.07, 6.45) is 0.822. The van der Waals surface area contributed by atoms with Crippen LogP contribution in [0.4, 0.5) is 5.69 Å². The van der Waals surface area contributed by atoms with Crippen LogP contribution in [0.2, 0.25) is 0 Å². The van der Waals surface area contributed by atoms with Gasteiger partial charge in [0.15, 0.2) is 0 Å². The third-order valence-electron chi connectivity index (χ3n) is 3.40. The summed E-state index contributed by atoms with van der Waals surface area (Å²) in [4.78, 5) is 0. The molecule has 0 bridgehead atoms. The van der Waals surface area contributed by atoms with Crippen LogP contribution >= 0.6 is 0 Å². The first-order valence-electron chi connectivity index (χ1n) is 6.84. The van der Waals surface area contributed by atoms with Crippen molar-refractivity contribution in [1.82, 2.24) is 0 Å². The van der Waals surface area contributed by atoms with Gasteiger partial charge in [-0.1, -0.05) is 29.8 Å². The summed E-state index contributed by atoms with van der Waals surface area (Å²) >= 11 is 0. The second-order valence-electron chi connectivity index (χ2n) is 5.27. The third kappa shape index (κ3) is 3.36. The predicted octanol–water partition coefficient (Wildman–Crippen LogP) is 2.87. The van der Waals surface area contributed by atoms with Gasteiger partial charge in [-0.2, -0.15) is 0 Å². The van der Waals surface area contributed by atoms with Crippen molar-refractivity contribution in [2.24, 2.45) is 0 Å². The number of hydrogen-bond acceptors (Lipinski definition) is 3. The minimum Gasteiger partial charge on any atom is -0.493 e. The summed E-state index contributed by atoms with van der Waals surface area (Å²) in [5, 5.41) is 0. The van der Waals surface area contributed by atoms with E-state index in [0.717, 1.165) is 28.9 Å². The van der Waals surface area contributed by atoms with Crippen molar-refractivity contribution in [1.29, 1.82) is 0 Å². The van der Waals surface area contributed by atoms with Gasteiger partial charge in [-0.15, -0.1) is 0 Å². The fourth-order valence-corrected chi connectivity index (χ4v) is 3.66.